The highest BCUT2D eigenvalue weighted by Crippen LogP contribution is 2.34. The zero-order valence-electron chi connectivity index (χ0n) is 8.95. The van der Waals surface area contributed by atoms with Crippen LogP contribution in [-0.2, 0) is 0 Å². The fourth-order valence-electron chi connectivity index (χ4n) is 2.82. The Morgan fingerprint density at radius 1 is 1.07 bits per heavy atom. The summed E-state index contributed by atoms with van der Waals surface area (Å²) in [5.74, 6) is 2.10. The van der Waals surface area contributed by atoms with Crippen LogP contribution in [-0.4, -0.2) is 22.2 Å². The van der Waals surface area contributed by atoms with Crippen molar-refractivity contribution in [1.82, 2.24) is 0 Å². The van der Waals surface area contributed by atoms with Crippen LogP contribution in [0.5, 0.6) is 0 Å². The van der Waals surface area contributed by atoms with Crippen molar-refractivity contribution in [2.45, 2.75) is 62.7 Å². The van der Waals surface area contributed by atoms with Crippen molar-refractivity contribution in [2.24, 2.45) is 5.92 Å². The van der Waals surface area contributed by atoms with Crippen LogP contribution in [0.25, 0.3) is 0 Å². The van der Waals surface area contributed by atoms with Crippen LogP contribution in [0, 0.1) is 5.92 Å². The Hall–Kier alpha value is 0.310. The maximum absolute atomic E-state index is 10.1. The monoisotopic (exact) mass is 214 g/mol. The molecule has 2 fully saturated rings. The molecule has 1 aliphatic carbocycles. The molecule has 1 nitrogen and oxygen atoms in total. The minimum atomic E-state index is -0.00870. The van der Waals surface area contributed by atoms with Gasteiger partial charge in [0.05, 0.1) is 6.10 Å². The topological polar surface area (TPSA) is 20.2 Å². The molecule has 0 bridgehead atoms. The zero-order valence-corrected chi connectivity index (χ0v) is 9.77. The van der Waals surface area contributed by atoms with Gasteiger partial charge in [-0.2, -0.15) is 11.8 Å². The number of hydrogen-bond acceptors (Lipinski definition) is 2. The van der Waals surface area contributed by atoms with Gasteiger partial charge in [0.1, 0.15) is 0 Å². The van der Waals surface area contributed by atoms with Crippen molar-refractivity contribution in [2.75, 3.05) is 5.75 Å². The van der Waals surface area contributed by atoms with E-state index < -0.39 is 0 Å². The largest absolute Gasteiger partial charge is 0.392 e. The molecular weight excluding hydrogens is 192 g/mol. The van der Waals surface area contributed by atoms with Crippen LogP contribution in [0.1, 0.15) is 51.4 Å². The fourth-order valence-corrected chi connectivity index (χ4v) is 4.12. The van der Waals surface area contributed by atoms with Crippen molar-refractivity contribution in [3.8, 4) is 0 Å². The maximum atomic E-state index is 10.1. The second kappa shape index (κ2) is 5.41. The number of thioether (sulfide) groups is 1. The van der Waals surface area contributed by atoms with Gasteiger partial charge in [0.2, 0.25) is 0 Å². The molecule has 1 saturated carbocycles. The lowest BCUT2D eigenvalue weighted by Crippen LogP contribution is -2.24. The number of aliphatic hydroxyl groups is 1. The predicted molar refractivity (Wildman–Crippen MR) is 62.7 cm³/mol. The van der Waals surface area contributed by atoms with Crippen molar-refractivity contribution in [3.63, 3.8) is 0 Å². The summed E-state index contributed by atoms with van der Waals surface area (Å²) in [7, 11) is 0. The summed E-state index contributed by atoms with van der Waals surface area (Å²) in [5, 5.41) is 10.6. The minimum absolute atomic E-state index is 0.00870. The Balaban J connectivity index is 1.72. The average Bonchev–Trinajstić information content (AvgIpc) is 2.72. The molecular formula is C12H22OS. The summed E-state index contributed by atoms with van der Waals surface area (Å²) in [5.41, 5.74) is 0. The van der Waals surface area contributed by atoms with Crippen molar-refractivity contribution < 1.29 is 5.11 Å². The van der Waals surface area contributed by atoms with Crippen LogP contribution in [0.15, 0.2) is 0 Å². The normalized spacial score (nSPS) is 31.9. The van der Waals surface area contributed by atoms with Crippen molar-refractivity contribution >= 4 is 11.8 Å². The van der Waals surface area contributed by atoms with Crippen molar-refractivity contribution in [3.05, 3.63) is 0 Å². The van der Waals surface area contributed by atoms with E-state index in [1.807, 2.05) is 11.8 Å². The van der Waals surface area contributed by atoms with E-state index in [4.69, 9.17) is 0 Å². The standard InChI is InChI=1S/C12H22OS/c13-11(12-7-4-8-14-12)9-10-5-2-1-3-6-10/h10-13H,1-9H2. The Labute approximate surface area is 91.7 Å². The van der Waals surface area contributed by atoms with Gasteiger partial charge in [-0.1, -0.05) is 32.1 Å². The summed E-state index contributed by atoms with van der Waals surface area (Å²) < 4.78 is 0. The van der Waals surface area contributed by atoms with Crippen LogP contribution < -0.4 is 0 Å². The van der Waals surface area contributed by atoms with E-state index in [0.29, 0.717) is 5.25 Å². The Morgan fingerprint density at radius 2 is 1.86 bits per heavy atom. The molecule has 0 spiro atoms. The molecule has 1 aliphatic heterocycles. The quantitative estimate of drug-likeness (QED) is 0.778. The summed E-state index contributed by atoms with van der Waals surface area (Å²) >= 11 is 1.99. The summed E-state index contributed by atoms with van der Waals surface area (Å²) in [6, 6.07) is 0. The molecule has 82 valence electrons. The zero-order chi connectivity index (χ0) is 9.80. The SMILES string of the molecule is OC(CC1CCCCC1)C1CCCS1. The molecule has 2 heteroatoms. The summed E-state index contributed by atoms with van der Waals surface area (Å²) in [6.07, 6.45) is 10.6. The lowest BCUT2D eigenvalue weighted by Gasteiger charge is -2.26. The number of aliphatic hydroxyl groups excluding tert-OH is 1. The molecule has 2 unspecified atom stereocenters. The van der Waals surface area contributed by atoms with Crippen molar-refractivity contribution in [1.29, 1.82) is 0 Å². The first kappa shape index (κ1) is 10.8. The van der Waals surface area contributed by atoms with Crippen LogP contribution in [0.4, 0.5) is 0 Å². The van der Waals surface area contributed by atoms with Gasteiger partial charge in [-0.25, -0.2) is 0 Å². The molecule has 0 radical (unpaired) electrons. The van der Waals surface area contributed by atoms with E-state index in [-0.39, 0.29) is 6.10 Å². The Morgan fingerprint density at radius 3 is 2.50 bits per heavy atom. The molecule has 2 rings (SSSR count). The highest BCUT2D eigenvalue weighted by molar-refractivity contribution is 8.00. The molecule has 0 aromatic heterocycles. The molecule has 0 aromatic rings. The molecule has 2 atom stereocenters. The predicted octanol–water partition coefficient (Wildman–Crippen LogP) is 3.21. The summed E-state index contributed by atoms with van der Waals surface area (Å²) in [6.45, 7) is 0. The number of rotatable bonds is 3. The molecule has 0 amide bonds. The first-order valence-electron chi connectivity index (χ1n) is 6.16. The molecule has 1 N–H and O–H groups in total. The molecule has 14 heavy (non-hydrogen) atoms. The van der Waals surface area contributed by atoms with Gasteiger partial charge in [0.25, 0.3) is 0 Å². The molecule has 2 aliphatic rings. The Kier molecular flexibility index (Phi) is 4.18. The van der Waals surface area contributed by atoms with Gasteiger partial charge in [-0.3, -0.25) is 0 Å². The van der Waals surface area contributed by atoms with Gasteiger partial charge in [-0.05, 0) is 30.9 Å². The third-order valence-corrected chi connectivity index (χ3v) is 5.20. The van der Waals surface area contributed by atoms with Crippen LogP contribution >= 0.6 is 11.8 Å². The lowest BCUT2D eigenvalue weighted by atomic mass is 9.84. The maximum Gasteiger partial charge on any atom is 0.0661 e. The van der Waals surface area contributed by atoms with Gasteiger partial charge in [0.15, 0.2) is 0 Å². The molecule has 0 aromatic carbocycles. The third-order valence-electron chi connectivity index (χ3n) is 3.69. The Bertz CT molecular complexity index is 160. The third kappa shape index (κ3) is 2.90. The second-order valence-electron chi connectivity index (χ2n) is 4.86. The van der Waals surface area contributed by atoms with E-state index in [1.54, 1.807) is 0 Å². The molecule has 1 heterocycles. The first-order valence-corrected chi connectivity index (χ1v) is 7.21. The fraction of sp³-hybridized carbons (Fsp3) is 1.00. The second-order valence-corrected chi connectivity index (χ2v) is 6.21. The first-order chi connectivity index (χ1) is 6.86. The van der Waals surface area contributed by atoms with Crippen LogP contribution in [0.2, 0.25) is 0 Å². The smallest absolute Gasteiger partial charge is 0.0661 e. The molecule has 1 saturated heterocycles. The minimum Gasteiger partial charge on any atom is -0.392 e. The number of hydrogen-bond donors (Lipinski definition) is 1. The van der Waals surface area contributed by atoms with Gasteiger partial charge in [-0.15, -0.1) is 0 Å². The van der Waals surface area contributed by atoms with Gasteiger partial charge < -0.3 is 5.11 Å². The van der Waals surface area contributed by atoms with Crippen LogP contribution in [0.3, 0.4) is 0 Å². The lowest BCUT2D eigenvalue weighted by molar-refractivity contribution is 0.126. The van der Waals surface area contributed by atoms with E-state index in [2.05, 4.69) is 0 Å². The summed E-state index contributed by atoms with van der Waals surface area (Å²) in [4.78, 5) is 0. The van der Waals surface area contributed by atoms with Gasteiger partial charge in [0, 0.05) is 5.25 Å². The highest BCUT2D eigenvalue weighted by atomic mass is 32.2. The van der Waals surface area contributed by atoms with E-state index in [9.17, 15) is 5.11 Å². The van der Waals surface area contributed by atoms with E-state index >= 15 is 0 Å². The van der Waals surface area contributed by atoms with E-state index in [0.717, 1.165) is 12.3 Å². The highest BCUT2D eigenvalue weighted by Gasteiger charge is 2.26. The average molecular weight is 214 g/mol. The van der Waals surface area contributed by atoms with Gasteiger partial charge >= 0.3 is 0 Å². The van der Waals surface area contributed by atoms with E-state index in [1.165, 1.54) is 50.7 Å².